The zero-order chi connectivity index (χ0) is 19.4. The molecule has 0 spiro atoms. The van der Waals surface area contributed by atoms with E-state index in [1.54, 1.807) is 7.05 Å². The molecule has 1 rings (SSSR count). The standard InChI is InChI=1S/C15H24N4O5S/c1-15(2,10-16)11-17(3)14(20)9-18(4)25(23,24)13-7-5-6-12(8-13)19(21)22/h5-8H,9-11,16H2,1-4H3. The number of carbonyl (C=O) groups is 1. The summed E-state index contributed by atoms with van der Waals surface area (Å²) in [5, 5.41) is 10.8. The molecular weight excluding hydrogens is 348 g/mol. The number of hydrogen-bond donors (Lipinski definition) is 1. The van der Waals surface area contributed by atoms with Crippen LogP contribution in [0.25, 0.3) is 0 Å². The maximum atomic E-state index is 12.5. The fraction of sp³-hybridized carbons (Fsp3) is 0.533. The van der Waals surface area contributed by atoms with Gasteiger partial charge in [0.1, 0.15) is 0 Å². The topological polar surface area (TPSA) is 127 Å². The van der Waals surface area contributed by atoms with Gasteiger partial charge in [-0.2, -0.15) is 4.31 Å². The third-order valence-corrected chi connectivity index (χ3v) is 5.54. The molecule has 1 aromatic rings. The van der Waals surface area contributed by atoms with E-state index in [1.807, 2.05) is 13.8 Å². The maximum Gasteiger partial charge on any atom is 0.270 e. The van der Waals surface area contributed by atoms with E-state index < -0.39 is 20.9 Å². The summed E-state index contributed by atoms with van der Waals surface area (Å²) in [6, 6.07) is 4.71. The Labute approximate surface area is 147 Å². The van der Waals surface area contributed by atoms with Crippen molar-refractivity contribution in [2.45, 2.75) is 18.7 Å². The predicted molar refractivity (Wildman–Crippen MR) is 93.4 cm³/mol. The highest BCUT2D eigenvalue weighted by molar-refractivity contribution is 7.89. The summed E-state index contributed by atoms with van der Waals surface area (Å²) in [7, 11) is -1.18. The van der Waals surface area contributed by atoms with Crippen LogP contribution in [-0.4, -0.2) is 62.2 Å². The highest BCUT2D eigenvalue weighted by atomic mass is 32.2. The van der Waals surface area contributed by atoms with E-state index in [9.17, 15) is 23.3 Å². The van der Waals surface area contributed by atoms with Crippen LogP contribution in [0, 0.1) is 15.5 Å². The normalized spacial score (nSPS) is 12.2. The van der Waals surface area contributed by atoms with Crippen molar-refractivity contribution in [2.75, 3.05) is 33.7 Å². The van der Waals surface area contributed by atoms with Crippen LogP contribution >= 0.6 is 0 Å². The second kappa shape index (κ2) is 7.89. The van der Waals surface area contributed by atoms with Crippen LogP contribution in [0.5, 0.6) is 0 Å². The highest BCUT2D eigenvalue weighted by Crippen LogP contribution is 2.20. The minimum atomic E-state index is -4.02. The Bertz CT molecular complexity index is 748. The van der Waals surface area contributed by atoms with Crippen molar-refractivity contribution < 1.29 is 18.1 Å². The number of rotatable bonds is 8. The van der Waals surface area contributed by atoms with Gasteiger partial charge in [-0.15, -0.1) is 0 Å². The second-order valence-electron chi connectivity index (χ2n) is 6.63. The lowest BCUT2D eigenvalue weighted by Crippen LogP contribution is -2.44. The number of nitro benzene ring substituents is 1. The molecule has 9 nitrogen and oxygen atoms in total. The first-order valence-electron chi connectivity index (χ1n) is 7.55. The summed E-state index contributed by atoms with van der Waals surface area (Å²) < 4.78 is 25.9. The Balaban J connectivity index is 2.91. The van der Waals surface area contributed by atoms with Gasteiger partial charge in [-0.05, 0) is 18.0 Å². The second-order valence-corrected chi connectivity index (χ2v) is 8.68. The van der Waals surface area contributed by atoms with E-state index in [4.69, 9.17) is 5.73 Å². The fourth-order valence-corrected chi connectivity index (χ4v) is 3.29. The summed E-state index contributed by atoms with van der Waals surface area (Å²) in [5.74, 6) is -0.391. The molecule has 10 heteroatoms. The summed E-state index contributed by atoms with van der Waals surface area (Å²) >= 11 is 0. The monoisotopic (exact) mass is 372 g/mol. The van der Waals surface area contributed by atoms with E-state index in [-0.39, 0.29) is 22.5 Å². The summed E-state index contributed by atoms with van der Waals surface area (Å²) in [4.78, 5) is 23.6. The number of nitrogens with two attached hydrogens (primary N) is 1. The molecule has 0 aliphatic carbocycles. The van der Waals surface area contributed by atoms with E-state index in [2.05, 4.69) is 0 Å². The SMILES string of the molecule is CN(CC(C)(C)CN)C(=O)CN(C)S(=O)(=O)c1cccc([N+](=O)[O-])c1. The molecule has 0 unspecified atom stereocenters. The van der Waals surface area contributed by atoms with Crippen molar-refractivity contribution in [3.63, 3.8) is 0 Å². The molecule has 0 atom stereocenters. The molecule has 25 heavy (non-hydrogen) atoms. The van der Waals surface area contributed by atoms with E-state index in [0.29, 0.717) is 13.1 Å². The molecule has 0 bridgehead atoms. The lowest BCUT2D eigenvalue weighted by molar-refractivity contribution is -0.385. The average Bonchev–Trinajstić information content (AvgIpc) is 2.54. The molecular formula is C15H24N4O5S. The van der Waals surface area contributed by atoms with Gasteiger partial charge in [0.2, 0.25) is 15.9 Å². The number of carbonyl (C=O) groups excluding carboxylic acids is 1. The largest absolute Gasteiger partial charge is 0.344 e. The van der Waals surface area contributed by atoms with Gasteiger partial charge >= 0.3 is 0 Å². The number of likely N-dealkylation sites (N-methyl/N-ethyl adjacent to an activating group) is 2. The first-order valence-corrected chi connectivity index (χ1v) is 8.99. The molecule has 140 valence electrons. The van der Waals surface area contributed by atoms with Gasteiger partial charge in [0, 0.05) is 32.8 Å². The van der Waals surface area contributed by atoms with Gasteiger partial charge in [-0.1, -0.05) is 19.9 Å². The lowest BCUT2D eigenvalue weighted by Gasteiger charge is -2.30. The van der Waals surface area contributed by atoms with Crippen LogP contribution in [-0.2, 0) is 14.8 Å². The number of sulfonamides is 1. The van der Waals surface area contributed by atoms with Gasteiger partial charge in [0.15, 0.2) is 0 Å². The third kappa shape index (κ3) is 5.48. The number of non-ortho nitro benzene ring substituents is 1. The number of nitro groups is 1. The summed E-state index contributed by atoms with van der Waals surface area (Å²) in [6.07, 6.45) is 0. The molecule has 0 saturated carbocycles. The first kappa shape index (κ1) is 21.0. The van der Waals surface area contributed by atoms with Gasteiger partial charge in [-0.3, -0.25) is 14.9 Å². The van der Waals surface area contributed by atoms with Crippen molar-refractivity contribution in [1.82, 2.24) is 9.21 Å². The van der Waals surface area contributed by atoms with Gasteiger partial charge in [0.05, 0.1) is 16.4 Å². The van der Waals surface area contributed by atoms with Crippen LogP contribution in [0.2, 0.25) is 0 Å². The quantitative estimate of drug-likeness (QED) is 0.527. The smallest absolute Gasteiger partial charge is 0.270 e. The van der Waals surface area contributed by atoms with Crippen LogP contribution in [0.3, 0.4) is 0 Å². The Morgan fingerprint density at radius 1 is 1.32 bits per heavy atom. The molecule has 1 amide bonds. The zero-order valence-corrected chi connectivity index (χ0v) is 15.6. The Morgan fingerprint density at radius 3 is 2.44 bits per heavy atom. The van der Waals surface area contributed by atoms with E-state index in [1.165, 1.54) is 30.1 Å². The molecule has 0 aliphatic heterocycles. The summed E-state index contributed by atoms with van der Waals surface area (Å²) in [5.41, 5.74) is 5.02. The molecule has 2 N–H and O–H groups in total. The minimum absolute atomic E-state index is 0.234. The minimum Gasteiger partial charge on any atom is -0.344 e. The van der Waals surface area contributed by atoms with Crippen molar-refractivity contribution in [2.24, 2.45) is 11.1 Å². The molecule has 0 aliphatic rings. The van der Waals surface area contributed by atoms with Crippen LogP contribution in [0.1, 0.15) is 13.8 Å². The summed E-state index contributed by atoms with van der Waals surface area (Å²) in [6.45, 7) is 4.20. The Morgan fingerprint density at radius 2 is 1.92 bits per heavy atom. The van der Waals surface area contributed by atoms with E-state index in [0.717, 1.165) is 10.4 Å². The number of benzene rings is 1. The molecule has 0 fully saturated rings. The molecule has 0 radical (unpaired) electrons. The average molecular weight is 372 g/mol. The molecule has 0 heterocycles. The predicted octanol–water partition coefficient (Wildman–Crippen LogP) is 0.659. The van der Waals surface area contributed by atoms with Crippen molar-refractivity contribution in [1.29, 1.82) is 0 Å². The van der Waals surface area contributed by atoms with E-state index >= 15 is 0 Å². The van der Waals surface area contributed by atoms with Crippen LogP contribution in [0.4, 0.5) is 5.69 Å². The number of amides is 1. The molecule has 1 aromatic carbocycles. The molecule has 0 saturated heterocycles. The van der Waals surface area contributed by atoms with Crippen molar-refractivity contribution in [3.8, 4) is 0 Å². The van der Waals surface area contributed by atoms with Crippen molar-refractivity contribution >= 4 is 21.6 Å². The number of hydrogen-bond acceptors (Lipinski definition) is 6. The Kier molecular flexibility index (Phi) is 6.63. The zero-order valence-electron chi connectivity index (χ0n) is 14.8. The fourth-order valence-electron chi connectivity index (χ4n) is 2.13. The molecule has 0 aromatic heterocycles. The van der Waals surface area contributed by atoms with Crippen LogP contribution in [0.15, 0.2) is 29.2 Å². The van der Waals surface area contributed by atoms with Crippen molar-refractivity contribution in [3.05, 3.63) is 34.4 Å². The maximum absolute atomic E-state index is 12.5. The lowest BCUT2D eigenvalue weighted by atomic mass is 9.93. The third-order valence-electron chi connectivity index (χ3n) is 3.74. The van der Waals surface area contributed by atoms with Gasteiger partial charge < -0.3 is 10.6 Å². The Hall–Kier alpha value is -2.04. The van der Waals surface area contributed by atoms with Gasteiger partial charge in [-0.25, -0.2) is 8.42 Å². The van der Waals surface area contributed by atoms with Gasteiger partial charge in [0.25, 0.3) is 5.69 Å². The number of nitrogens with zero attached hydrogens (tertiary/aromatic N) is 3. The first-order chi connectivity index (χ1) is 11.4. The van der Waals surface area contributed by atoms with Crippen LogP contribution < -0.4 is 5.73 Å². The highest BCUT2D eigenvalue weighted by Gasteiger charge is 2.27.